The van der Waals surface area contributed by atoms with Gasteiger partial charge in [-0.25, -0.2) is 0 Å². The number of hydrogen-bond acceptors (Lipinski definition) is 3. The molecular weight excluding hydrogens is 312 g/mol. The lowest BCUT2D eigenvalue weighted by atomic mass is 10.0. The minimum absolute atomic E-state index is 0.00896. The molecule has 2 aromatic carbocycles. The maximum absolute atomic E-state index is 12.3. The highest BCUT2D eigenvalue weighted by Gasteiger charge is 2.10. The molecule has 1 amide bonds. The monoisotopic (exact) mass is 334 g/mol. The highest BCUT2D eigenvalue weighted by molar-refractivity contribution is 5.95. The van der Waals surface area contributed by atoms with Gasteiger partial charge in [-0.05, 0) is 30.8 Å². The van der Waals surface area contributed by atoms with Crippen molar-refractivity contribution in [2.75, 3.05) is 18.9 Å². The van der Waals surface area contributed by atoms with Crippen LogP contribution in [0.2, 0.25) is 0 Å². The van der Waals surface area contributed by atoms with Gasteiger partial charge in [0.15, 0.2) is 0 Å². The topological polar surface area (TPSA) is 45.5 Å². The Hall–Kier alpha value is -2.85. The van der Waals surface area contributed by atoms with Crippen LogP contribution in [0.3, 0.4) is 0 Å². The third-order valence-electron chi connectivity index (χ3n) is 4.01. The van der Waals surface area contributed by atoms with Gasteiger partial charge in [-0.15, -0.1) is 0 Å². The summed E-state index contributed by atoms with van der Waals surface area (Å²) in [5, 5.41) is 3.03. The van der Waals surface area contributed by atoms with Gasteiger partial charge in [0, 0.05) is 24.2 Å². The molecule has 0 aliphatic heterocycles. The summed E-state index contributed by atoms with van der Waals surface area (Å²) in [6, 6.07) is 21.8. The first-order valence-corrected chi connectivity index (χ1v) is 8.37. The molecule has 0 atom stereocenters. The summed E-state index contributed by atoms with van der Waals surface area (Å²) in [5.41, 5.74) is 2.96. The molecule has 0 aliphatic carbocycles. The van der Waals surface area contributed by atoms with Crippen LogP contribution in [0.5, 0.6) is 0 Å². The smallest absolute Gasteiger partial charge is 0.225 e. The summed E-state index contributed by atoms with van der Waals surface area (Å²) in [7, 11) is 1.98. The van der Waals surface area contributed by atoms with Crippen LogP contribution in [0, 0.1) is 0 Å². The summed E-state index contributed by atoms with van der Waals surface area (Å²) >= 11 is 0. The van der Waals surface area contributed by atoms with Crippen molar-refractivity contribution >= 4 is 11.6 Å². The number of carbonyl (C=O) groups is 1. The molecule has 1 aromatic heterocycles. The van der Waals surface area contributed by atoms with Crippen LogP contribution >= 0.6 is 0 Å². The first-order valence-electron chi connectivity index (χ1n) is 8.37. The second-order valence-electron chi connectivity index (χ2n) is 6.03. The van der Waals surface area contributed by atoms with E-state index in [0.29, 0.717) is 19.5 Å². The average Bonchev–Trinajstić information content (AvgIpc) is 3.14. The molecule has 128 valence electrons. The van der Waals surface area contributed by atoms with Gasteiger partial charge < -0.3 is 9.73 Å². The molecule has 25 heavy (non-hydrogen) atoms. The molecular formula is C21H22N2O2. The summed E-state index contributed by atoms with van der Waals surface area (Å²) in [4.78, 5) is 14.4. The van der Waals surface area contributed by atoms with Crippen LogP contribution in [0.4, 0.5) is 5.69 Å². The molecule has 0 aliphatic rings. The summed E-state index contributed by atoms with van der Waals surface area (Å²) in [6.07, 6.45) is 2.09. The summed E-state index contributed by atoms with van der Waals surface area (Å²) in [5.74, 6) is 0.909. The fraction of sp³-hybridized carbons (Fsp3) is 0.190. The predicted molar refractivity (Wildman–Crippen MR) is 100 cm³/mol. The average molecular weight is 334 g/mol. The Labute approximate surface area is 148 Å². The largest absolute Gasteiger partial charge is 0.468 e. The Bertz CT molecular complexity index is 798. The molecule has 0 radical (unpaired) electrons. The molecule has 0 saturated carbocycles. The number of anilines is 1. The molecule has 3 rings (SSSR count). The van der Waals surface area contributed by atoms with Crippen LogP contribution in [-0.2, 0) is 11.3 Å². The Balaban J connectivity index is 1.58. The minimum Gasteiger partial charge on any atom is -0.468 e. The first kappa shape index (κ1) is 17.0. The summed E-state index contributed by atoms with van der Waals surface area (Å²) < 4.78 is 5.33. The Morgan fingerprint density at radius 2 is 1.76 bits per heavy atom. The SMILES string of the molecule is CN(CCC(=O)Nc1ccccc1-c1ccccc1)Cc1ccco1. The van der Waals surface area contributed by atoms with Crippen LogP contribution in [-0.4, -0.2) is 24.4 Å². The van der Waals surface area contributed by atoms with Crippen LogP contribution in [0.1, 0.15) is 12.2 Å². The fourth-order valence-electron chi connectivity index (χ4n) is 2.71. The quantitative estimate of drug-likeness (QED) is 0.696. The van der Waals surface area contributed by atoms with Gasteiger partial charge in [0.2, 0.25) is 5.91 Å². The second-order valence-corrected chi connectivity index (χ2v) is 6.03. The number of benzene rings is 2. The van der Waals surface area contributed by atoms with E-state index in [0.717, 1.165) is 22.6 Å². The van der Waals surface area contributed by atoms with Crippen LogP contribution in [0.25, 0.3) is 11.1 Å². The highest BCUT2D eigenvalue weighted by atomic mass is 16.3. The third kappa shape index (κ3) is 4.81. The molecule has 0 bridgehead atoms. The molecule has 0 spiro atoms. The van der Waals surface area contributed by atoms with E-state index in [-0.39, 0.29) is 5.91 Å². The van der Waals surface area contributed by atoms with Crippen LogP contribution < -0.4 is 5.32 Å². The molecule has 3 aromatic rings. The van der Waals surface area contributed by atoms with Crippen molar-refractivity contribution in [2.45, 2.75) is 13.0 Å². The number of carbonyl (C=O) groups excluding carboxylic acids is 1. The number of nitrogens with one attached hydrogen (secondary N) is 1. The number of para-hydroxylation sites is 1. The lowest BCUT2D eigenvalue weighted by Gasteiger charge is -2.15. The molecule has 1 heterocycles. The first-order chi connectivity index (χ1) is 12.2. The van der Waals surface area contributed by atoms with Crippen LogP contribution in [0.15, 0.2) is 77.4 Å². The number of amides is 1. The van der Waals surface area contributed by atoms with E-state index in [2.05, 4.69) is 10.2 Å². The number of nitrogens with zero attached hydrogens (tertiary/aromatic N) is 1. The Kier molecular flexibility index (Phi) is 5.65. The van der Waals surface area contributed by atoms with Gasteiger partial charge in [0.1, 0.15) is 5.76 Å². The molecule has 4 heteroatoms. The minimum atomic E-state index is 0.00896. The van der Waals surface area contributed by atoms with Crippen molar-refractivity contribution < 1.29 is 9.21 Å². The van der Waals surface area contributed by atoms with E-state index >= 15 is 0 Å². The molecule has 0 saturated heterocycles. The van der Waals surface area contributed by atoms with E-state index in [1.807, 2.05) is 73.8 Å². The number of furan rings is 1. The van der Waals surface area contributed by atoms with Crippen molar-refractivity contribution in [3.8, 4) is 11.1 Å². The molecule has 4 nitrogen and oxygen atoms in total. The number of hydrogen-bond donors (Lipinski definition) is 1. The van der Waals surface area contributed by atoms with Gasteiger partial charge in [0.05, 0.1) is 12.8 Å². The van der Waals surface area contributed by atoms with Crippen molar-refractivity contribution in [3.63, 3.8) is 0 Å². The third-order valence-corrected chi connectivity index (χ3v) is 4.01. The van der Waals surface area contributed by atoms with Crippen molar-refractivity contribution in [3.05, 3.63) is 78.8 Å². The Morgan fingerprint density at radius 3 is 2.52 bits per heavy atom. The van der Waals surface area contributed by atoms with Gasteiger partial charge in [0.25, 0.3) is 0 Å². The second kappa shape index (κ2) is 8.31. The van der Waals surface area contributed by atoms with E-state index in [4.69, 9.17) is 4.42 Å². The van der Waals surface area contributed by atoms with E-state index in [1.165, 1.54) is 0 Å². The van der Waals surface area contributed by atoms with E-state index in [1.54, 1.807) is 6.26 Å². The lowest BCUT2D eigenvalue weighted by Crippen LogP contribution is -2.24. The fourth-order valence-corrected chi connectivity index (χ4v) is 2.71. The van der Waals surface area contributed by atoms with Crippen molar-refractivity contribution in [1.82, 2.24) is 4.90 Å². The van der Waals surface area contributed by atoms with Gasteiger partial charge in [-0.1, -0.05) is 48.5 Å². The molecule has 0 fully saturated rings. The standard InChI is InChI=1S/C21H22N2O2/c1-23(16-18-10-7-15-25-18)14-13-21(24)22-20-12-6-5-11-19(20)17-8-3-2-4-9-17/h2-12,15H,13-14,16H2,1H3,(H,22,24). The van der Waals surface area contributed by atoms with Gasteiger partial charge >= 0.3 is 0 Å². The highest BCUT2D eigenvalue weighted by Crippen LogP contribution is 2.27. The van der Waals surface area contributed by atoms with E-state index in [9.17, 15) is 4.79 Å². The summed E-state index contributed by atoms with van der Waals surface area (Å²) in [6.45, 7) is 1.36. The molecule has 1 N–H and O–H groups in total. The predicted octanol–water partition coefficient (Wildman–Crippen LogP) is 4.41. The zero-order chi connectivity index (χ0) is 17.5. The zero-order valence-electron chi connectivity index (χ0n) is 14.3. The van der Waals surface area contributed by atoms with E-state index < -0.39 is 0 Å². The number of rotatable bonds is 7. The maximum atomic E-state index is 12.3. The van der Waals surface area contributed by atoms with Crippen molar-refractivity contribution in [2.24, 2.45) is 0 Å². The van der Waals surface area contributed by atoms with Crippen molar-refractivity contribution in [1.29, 1.82) is 0 Å². The molecule has 0 unspecified atom stereocenters. The van der Waals surface area contributed by atoms with Gasteiger partial charge in [-0.2, -0.15) is 0 Å². The maximum Gasteiger partial charge on any atom is 0.225 e. The zero-order valence-corrected chi connectivity index (χ0v) is 14.3. The lowest BCUT2D eigenvalue weighted by molar-refractivity contribution is -0.116. The Morgan fingerprint density at radius 1 is 1.00 bits per heavy atom. The van der Waals surface area contributed by atoms with Gasteiger partial charge in [-0.3, -0.25) is 9.69 Å². The normalized spacial score (nSPS) is 10.8.